The zero-order valence-corrected chi connectivity index (χ0v) is 8.94. The second-order valence-corrected chi connectivity index (χ2v) is 4.71. The van der Waals surface area contributed by atoms with Crippen molar-refractivity contribution in [2.24, 2.45) is 5.92 Å². The van der Waals surface area contributed by atoms with Gasteiger partial charge in [0.2, 0.25) is 0 Å². The van der Waals surface area contributed by atoms with Crippen LogP contribution in [0.5, 0.6) is 0 Å². The Morgan fingerprint density at radius 2 is 2.23 bits per heavy atom. The summed E-state index contributed by atoms with van der Waals surface area (Å²) < 4.78 is 0. The minimum atomic E-state index is 0.758. The van der Waals surface area contributed by atoms with Gasteiger partial charge in [-0.2, -0.15) is 11.3 Å². The van der Waals surface area contributed by atoms with E-state index in [0.717, 1.165) is 11.8 Å². The summed E-state index contributed by atoms with van der Waals surface area (Å²) in [5, 5.41) is 7.90. The van der Waals surface area contributed by atoms with Crippen LogP contribution in [0.1, 0.15) is 31.2 Å². The van der Waals surface area contributed by atoms with E-state index in [1.54, 1.807) is 0 Å². The molecule has 1 atom stereocenters. The van der Waals surface area contributed by atoms with Gasteiger partial charge in [-0.05, 0) is 60.2 Å². The lowest BCUT2D eigenvalue weighted by Crippen LogP contribution is -2.30. The molecule has 2 heterocycles. The van der Waals surface area contributed by atoms with Crippen LogP contribution in [0.4, 0.5) is 0 Å². The summed E-state index contributed by atoms with van der Waals surface area (Å²) in [6.07, 6.45) is 2.69. The summed E-state index contributed by atoms with van der Waals surface area (Å²) in [5.74, 6) is 1.66. The molecule has 0 radical (unpaired) electrons. The first-order chi connectivity index (χ1) is 6.38. The Hall–Kier alpha value is -0.340. The quantitative estimate of drug-likeness (QED) is 0.765. The van der Waals surface area contributed by atoms with Gasteiger partial charge in [0.15, 0.2) is 0 Å². The van der Waals surface area contributed by atoms with Crippen LogP contribution in [-0.4, -0.2) is 13.1 Å². The zero-order valence-electron chi connectivity index (χ0n) is 8.12. The Bertz CT molecular complexity index is 237. The second-order valence-electron chi connectivity index (χ2n) is 3.93. The Labute approximate surface area is 84.2 Å². The number of hydrogen-bond acceptors (Lipinski definition) is 2. The smallest absolute Gasteiger partial charge is 0.00461 e. The largest absolute Gasteiger partial charge is 0.317 e. The fraction of sp³-hybridized carbons (Fsp3) is 0.636. The lowest BCUT2D eigenvalue weighted by Gasteiger charge is -2.27. The highest BCUT2D eigenvalue weighted by molar-refractivity contribution is 7.07. The summed E-state index contributed by atoms with van der Waals surface area (Å²) in [7, 11) is 0. The molecule has 72 valence electrons. The van der Waals surface area contributed by atoms with Gasteiger partial charge < -0.3 is 5.32 Å². The van der Waals surface area contributed by atoms with Crippen molar-refractivity contribution in [2.75, 3.05) is 13.1 Å². The third kappa shape index (κ3) is 2.12. The fourth-order valence-electron chi connectivity index (χ4n) is 2.15. The molecule has 1 aliphatic heterocycles. The van der Waals surface area contributed by atoms with Crippen molar-refractivity contribution in [3.8, 4) is 0 Å². The molecule has 2 heteroatoms. The molecule has 0 bridgehead atoms. The van der Waals surface area contributed by atoms with E-state index in [0.29, 0.717) is 0 Å². The van der Waals surface area contributed by atoms with Crippen molar-refractivity contribution < 1.29 is 0 Å². The molecule has 1 fully saturated rings. The second kappa shape index (κ2) is 4.25. The highest BCUT2D eigenvalue weighted by Crippen LogP contribution is 2.31. The number of rotatable bonds is 2. The first-order valence-corrected chi connectivity index (χ1v) is 6.05. The fourth-order valence-corrected chi connectivity index (χ4v) is 2.92. The molecule has 0 amide bonds. The number of piperidine rings is 1. The van der Waals surface area contributed by atoms with E-state index in [1.165, 1.54) is 31.5 Å². The molecule has 2 rings (SSSR count). The first-order valence-electron chi connectivity index (χ1n) is 5.11. The van der Waals surface area contributed by atoms with Crippen molar-refractivity contribution in [3.63, 3.8) is 0 Å². The maximum Gasteiger partial charge on any atom is -0.00461 e. The Morgan fingerprint density at radius 1 is 1.46 bits per heavy atom. The van der Waals surface area contributed by atoms with Crippen LogP contribution < -0.4 is 5.32 Å². The summed E-state index contributed by atoms with van der Waals surface area (Å²) in [5.41, 5.74) is 1.54. The molecule has 0 aliphatic carbocycles. The van der Waals surface area contributed by atoms with Crippen LogP contribution in [-0.2, 0) is 0 Å². The van der Waals surface area contributed by atoms with E-state index < -0.39 is 0 Å². The van der Waals surface area contributed by atoms with Gasteiger partial charge >= 0.3 is 0 Å². The number of hydrogen-bond donors (Lipinski definition) is 1. The third-order valence-corrected chi connectivity index (χ3v) is 3.86. The van der Waals surface area contributed by atoms with Gasteiger partial charge in [-0.3, -0.25) is 0 Å². The van der Waals surface area contributed by atoms with Gasteiger partial charge in [0.05, 0.1) is 0 Å². The van der Waals surface area contributed by atoms with Gasteiger partial charge in [0, 0.05) is 0 Å². The molecule has 0 aromatic carbocycles. The molecule has 1 saturated heterocycles. The van der Waals surface area contributed by atoms with Crippen molar-refractivity contribution in [1.82, 2.24) is 5.32 Å². The average molecular weight is 195 g/mol. The van der Waals surface area contributed by atoms with Gasteiger partial charge in [0.1, 0.15) is 0 Å². The number of nitrogens with one attached hydrogen (secondary N) is 1. The minimum Gasteiger partial charge on any atom is -0.317 e. The van der Waals surface area contributed by atoms with Gasteiger partial charge in [-0.25, -0.2) is 0 Å². The van der Waals surface area contributed by atoms with Crippen molar-refractivity contribution in [3.05, 3.63) is 22.4 Å². The van der Waals surface area contributed by atoms with Crippen molar-refractivity contribution in [2.45, 2.75) is 25.7 Å². The van der Waals surface area contributed by atoms with Crippen LogP contribution in [0.2, 0.25) is 0 Å². The summed E-state index contributed by atoms with van der Waals surface area (Å²) >= 11 is 1.82. The SMILES string of the molecule is CC(c1ccsc1)C1CCNCC1. The third-order valence-electron chi connectivity index (χ3n) is 3.16. The van der Waals surface area contributed by atoms with Gasteiger partial charge in [-0.15, -0.1) is 0 Å². The Balaban J connectivity index is 1.99. The van der Waals surface area contributed by atoms with Crippen molar-refractivity contribution in [1.29, 1.82) is 0 Å². The molecule has 0 saturated carbocycles. The van der Waals surface area contributed by atoms with Crippen LogP contribution in [0.15, 0.2) is 16.8 Å². The van der Waals surface area contributed by atoms with Crippen LogP contribution >= 0.6 is 11.3 Å². The van der Waals surface area contributed by atoms with Crippen LogP contribution in [0, 0.1) is 5.92 Å². The standard InChI is InChI=1S/C11H17NS/c1-9(11-4-7-13-8-11)10-2-5-12-6-3-10/h4,7-10,12H,2-3,5-6H2,1H3. The topological polar surface area (TPSA) is 12.0 Å². The molecule has 1 aliphatic rings. The predicted molar refractivity (Wildman–Crippen MR) is 58.3 cm³/mol. The van der Waals surface area contributed by atoms with E-state index in [1.807, 2.05) is 11.3 Å². The van der Waals surface area contributed by atoms with E-state index >= 15 is 0 Å². The van der Waals surface area contributed by atoms with E-state index in [4.69, 9.17) is 0 Å². The van der Waals surface area contributed by atoms with Crippen LogP contribution in [0.3, 0.4) is 0 Å². The highest BCUT2D eigenvalue weighted by Gasteiger charge is 2.20. The normalized spacial score (nSPS) is 21.6. The predicted octanol–water partition coefficient (Wildman–Crippen LogP) is 2.85. The minimum absolute atomic E-state index is 0.758. The monoisotopic (exact) mass is 195 g/mol. The zero-order chi connectivity index (χ0) is 9.10. The molecule has 13 heavy (non-hydrogen) atoms. The van der Waals surface area contributed by atoms with E-state index in [2.05, 4.69) is 29.1 Å². The van der Waals surface area contributed by atoms with E-state index in [-0.39, 0.29) is 0 Å². The Morgan fingerprint density at radius 3 is 2.85 bits per heavy atom. The van der Waals surface area contributed by atoms with Gasteiger partial charge in [-0.1, -0.05) is 6.92 Å². The molecule has 0 spiro atoms. The molecule has 1 unspecified atom stereocenters. The molecule has 1 N–H and O–H groups in total. The molecular weight excluding hydrogens is 178 g/mol. The maximum atomic E-state index is 3.42. The maximum absolute atomic E-state index is 3.42. The molecule has 1 aromatic heterocycles. The van der Waals surface area contributed by atoms with Crippen LogP contribution in [0.25, 0.3) is 0 Å². The average Bonchev–Trinajstić information content (AvgIpc) is 2.71. The molecule has 1 aromatic rings. The number of thiophene rings is 1. The summed E-state index contributed by atoms with van der Waals surface area (Å²) in [6, 6.07) is 2.28. The summed E-state index contributed by atoms with van der Waals surface area (Å²) in [6.45, 7) is 4.79. The molecular formula is C11H17NS. The molecule has 1 nitrogen and oxygen atoms in total. The van der Waals surface area contributed by atoms with Crippen molar-refractivity contribution >= 4 is 11.3 Å². The Kier molecular flexibility index (Phi) is 3.01. The lowest BCUT2D eigenvalue weighted by atomic mass is 9.83. The summed E-state index contributed by atoms with van der Waals surface area (Å²) in [4.78, 5) is 0. The lowest BCUT2D eigenvalue weighted by molar-refractivity contribution is 0.331. The van der Waals surface area contributed by atoms with E-state index in [9.17, 15) is 0 Å². The van der Waals surface area contributed by atoms with Gasteiger partial charge in [0.25, 0.3) is 0 Å². The first kappa shape index (κ1) is 9.22. The highest BCUT2D eigenvalue weighted by atomic mass is 32.1.